The van der Waals surface area contributed by atoms with E-state index in [-0.39, 0.29) is 17.5 Å². The largest absolute Gasteiger partial charge is 0.322 e. The first-order chi connectivity index (χ1) is 11.6. The maximum Gasteiger partial charge on any atom is 0.250 e. The number of fused-ring (bicyclic) bond motifs is 1. The van der Waals surface area contributed by atoms with Crippen molar-refractivity contribution in [2.45, 2.75) is 5.16 Å². The second-order valence-electron chi connectivity index (χ2n) is 5.05. The van der Waals surface area contributed by atoms with Crippen LogP contribution in [0.25, 0.3) is 11.0 Å². The average molecular weight is 342 g/mol. The number of thioether (sulfide) groups is 1. The third-order valence-corrected chi connectivity index (χ3v) is 4.41. The van der Waals surface area contributed by atoms with Crippen LogP contribution >= 0.6 is 11.8 Å². The number of benzene rings is 2. The third kappa shape index (κ3) is 3.62. The fourth-order valence-corrected chi connectivity index (χ4v) is 2.95. The number of para-hydroxylation sites is 2. The van der Waals surface area contributed by atoms with Gasteiger partial charge in [0.25, 0.3) is 5.91 Å². The Balaban J connectivity index is 1.57. The van der Waals surface area contributed by atoms with E-state index in [1.807, 2.05) is 35.9 Å². The van der Waals surface area contributed by atoms with Crippen molar-refractivity contribution in [1.29, 1.82) is 0 Å². The van der Waals surface area contributed by atoms with E-state index in [1.54, 1.807) is 18.2 Å². The molecule has 2 aromatic carbocycles. The molecule has 0 bridgehead atoms. The van der Waals surface area contributed by atoms with Gasteiger partial charge in [-0.2, -0.15) is 5.10 Å². The van der Waals surface area contributed by atoms with Crippen molar-refractivity contribution in [3.8, 4) is 0 Å². The van der Waals surface area contributed by atoms with Crippen LogP contribution in [-0.2, 0) is 11.8 Å². The van der Waals surface area contributed by atoms with Crippen molar-refractivity contribution in [3.63, 3.8) is 0 Å². The number of hydrogen-bond donors (Lipinski definition) is 1. The molecule has 0 saturated carbocycles. The Hall–Kier alpha value is -2.67. The molecule has 3 aromatic rings. The molecule has 0 spiro atoms. The zero-order valence-corrected chi connectivity index (χ0v) is 13.8. The minimum Gasteiger partial charge on any atom is -0.322 e. The Kier molecular flexibility index (Phi) is 4.90. The molecular weight excluding hydrogens is 327 g/mol. The summed E-state index contributed by atoms with van der Waals surface area (Å²) in [5.74, 6) is -0.490. The average Bonchev–Trinajstić information content (AvgIpc) is 2.91. The van der Waals surface area contributed by atoms with Crippen LogP contribution in [0.5, 0.6) is 0 Å². The van der Waals surface area contributed by atoms with Gasteiger partial charge in [-0.3, -0.25) is 4.79 Å². The van der Waals surface area contributed by atoms with E-state index in [4.69, 9.17) is 0 Å². The number of hydrazone groups is 1. The predicted molar refractivity (Wildman–Crippen MR) is 93.6 cm³/mol. The lowest BCUT2D eigenvalue weighted by Crippen LogP contribution is -2.20. The molecule has 122 valence electrons. The summed E-state index contributed by atoms with van der Waals surface area (Å²) >= 11 is 1.32. The molecule has 24 heavy (non-hydrogen) atoms. The van der Waals surface area contributed by atoms with E-state index in [9.17, 15) is 9.18 Å². The van der Waals surface area contributed by atoms with Crippen molar-refractivity contribution in [1.82, 2.24) is 15.0 Å². The number of nitrogens with one attached hydrogen (secondary N) is 1. The number of halogens is 1. The summed E-state index contributed by atoms with van der Waals surface area (Å²) in [4.78, 5) is 16.3. The molecule has 0 aliphatic heterocycles. The lowest BCUT2D eigenvalue weighted by molar-refractivity contribution is -0.118. The molecule has 5 nitrogen and oxygen atoms in total. The van der Waals surface area contributed by atoms with E-state index in [2.05, 4.69) is 15.5 Å². The van der Waals surface area contributed by atoms with Crippen LogP contribution in [0.15, 0.2) is 58.8 Å². The first kappa shape index (κ1) is 16.2. The van der Waals surface area contributed by atoms with Gasteiger partial charge in [-0.05, 0) is 18.2 Å². The molecule has 3 rings (SSSR count). The number of hydrogen-bond acceptors (Lipinski definition) is 4. The number of imidazole rings is 1. The summed E-state index contributed by atoms with van der Waals surface area (Å²) in [7, 11) is 1.91. The number of nitrogens with zero attached hydrogens (tertiary/aromatic N) is 3. The molecule has 1 amide bonds. The van der Waals surface area contributed by atoms with Gasteiger partial charge in [0.15, 0.2) is 5.16 Å². The highest BCUT2D eigenvalue weighted by molar-refractivity contribution is 7.99. The Morgan fingerprint density at radius 1 is 1.29 bits per heavy atom. The molecule has 1 aromatic heterocycles. The van der Waals surface area contributed by atoms with Crippen molar-refractivity contribution < 1.29 is 9.18 Å². The van der Waals surface area contributed by atoms with E-state index in [1.165, 1.54) is 24.0 Å². The minimum atomic E-state index is -0.385. The lowest BCUT2D eigenvalue weighted by atomic mass is 10.2. The van der Waals surface area contributed by atoms with Gasteiger partial charge in [0.05, 0.1) is 23.0 Å². The van der Waals surface area contributed by atoms with Crippen LogP contribution in [0.4, 0.5) is 4.39 Å². The summed E-state index contributed by atoms with van der Waals surface area (Å²) in [6, 6.07) is 14.0. The van der Waals surface area contributed by atoms with Gasteiger partial charge < -0.3 is 4.57 Å². The maximum atomic E-state index is 13.4. The zero-order valence-electron chi connectivity index (χ0n) is 12.9. The van der Waals surface area contributed by atoms with Gasteiger partial charge in [-0.25, -0.2) is 14.8 Å². The van der Waals surface area contributed by atoms with Crippen LogP contribution in [0.3, 0.4) is 0 Å². The normalized spacial score (nSPS) is 11.2. The highest BCUT2D eigenvalue weighted by Gasteiger charge is 2.09. The molecule has 7 heteroatoms. The molecule has 0 atom stereocenters. The monoisotopic (exact) mass is 342 g/mol. The Bertz CT molecular complexity index is 906. The molecule has 0 unspecified atom stereocenters. The quantitative estimate of drug-likeness (QED) is 0.441. The number of amides is 1. The SMILES string of the molecule is Cn1c(SCC(=O)NN=Cc2ccccc2F)nc2ccccc21. The summed E-state index contributed by atoms with van der Waals surface area (Å²) in [5.41, 5.74) is 4.61. The fraction of sp³-hybridized carbons (Fsp3) is 0.118. The van der Waals surface area contributed by atoms with Gasteiger partial charge in [0.2, 0.25) is 0 Å². The molecule has 1 N–H and O–H groups in total. The molecule has 1 heterocycles. The van der Waals surface area contributed by atoms with Gasteiger partial charge in [0.1, 0.15) is 5.82 Å². The van der Waals surface area contributed by atoms with Crippen LogP contribution in [-0.4, -0.2) is 27.4 Å². The minimum absolute atomic E-state index is 0.172. The van der Waals surface area contributed by atoms with Gasteiger partial charge >= 0.3 is 0 Å². The second-order valence-corrected chi connectivity index (χ2v) is 5.99. The summed E-state index contributed by atoms with van der Waals surface area (Å²) in [5, 5.41) is 4.53. The topological polar surface area (TPSA) is 59.3 Å². The highest BCUT2D eigenvalue weighted by atomic mass is 32.2. The molecule has 0 aliphatic carbocycles. The smallest absolute Gasteiger partial charge is 0.250 e. The van der Waals surface area contributed by atoms with Crippen LogP contribution in [0.1, 0.15) is 5.56 Å². The van der Waals surface area contributed by atoms with Crippen molar-refractivity contribution in [3.05, 3.63) is 59.9 Å². The predicted octanol–water partition coefficient (Wildman–Crippen LogP) is 2.95. The van der Waals surface area contributed by atoms with Gasteiger partial charge in [-0.1, -0.05) is 42.1 Å². The number of aromatic nitrogens is 2. The van der Waals surface area contributed by atoms with Crippen molar-refractivity contribution in [2.75, 3.05) is 5.75 Å². The Labute approximate surface area is 142 Å². The number of rotatable bonds is 5. The van der Waals surface area contributed by atoms with Crippen LogP contribution in [0.2, 0.25) is 0 Å². The van der Waals surface area contributed by atoms with E-state index < -0.39 is 0 Å². The van der Waals surface area contributed by atoms with E-state index in [0.717, 1.165) is 16.2 Å². The fourth-order valence-electron chi connectivity index (χ4n) is 2.17. The zero-order chi connectivity index (χ0) is 16.9. The standard InChI is InChI=1S/C17H15FN4OS/c1-22-15-9-5-4-8-14(15)20-17(22)24-11-16(23)21-19-10-12-6-2-3-7-13(12)18/h2-10H,11H2,1H3,(H,21,23). The summed E-state index contributed by atoms with van der Waals surface area (Å²) in [6.07, 6.45) is 1.28. The second kappa shape index (κ2) is 7.27. The van der Waals surface area contributed by atoms with Gasteiger partial charge in [-0.15, -0.1) is 0 Å². The van der Waals surface area contributed by atoms with Crippen LogP contribution < -0.4 is 5.43 Å². The van der Waals surface area contributed by atoms with Crippen LogP contribution in [0, 0.1) is 5.82 Å². The Morgan fingerprint density at radius 2 is 2.04 bits per heavy atom. The maximum absolute atomic E-state index is 13.4. The number of carbonyl (C=O) groups excluding carboxylic acids is 1. The highest BCUT2D eigenvalue weighted by Crippen LogP contribution is 2.22. The molecule has 0 saturated heterocycles. The molecule has 0 radical (unpaired) electrons. The van der Waals surface area contributed by atoms with E-state index >= 15 is 0 Å². The van der Waals surface area contributed by atoms with E-state index in [0.29, 0.717) is 5.56 Å². The molecule has 0 aliphatic rings. The first-order valence-electron chi connectivity index (χ1n) is 7.26. The van der Waals surface area contributed by atoms with Crippen molar-refractivity contribution >= 4 is 34.9 Å². The molecule has 0 fully saturated rings. The number of carbonyl (C=O) groups is 1. The summed E-state index contributed by atoms with van der Waals surface area (Å²) < 4.78 is 15.4. The third-order valence-electron chi connectivity index (χ3n) is 3.38. The molecular formula is C17H15FN4OS. The number of aryl methyl sites for hydroxylation is 1. The van der Waals surface area contributed by atoms with Gasteiger partial charge in [0, 0.05) is 12.6 Å². The first-order valence-corrected chi connectivity index (χ1v) is 8.24. The van der Waals surface area contributed by atoms with Crippen molar-refractivity contribution in [2.24, 2.45) is 12.1 Å². The lowest BCUT2D eigenvalue weighted by Gasteiger charge is -2.01. The Morgan fingerprint density at radius 3 is 2.83 bits per heavy atom. The summed E-state index contributed by atoms with van der Waals surface area (Å²) in [6.45, 7) is 0.